The quantitative estimate of drug-likeness (QED) is 0.695. The Kier molecular flexibility index (Phi) is 6.60. The standard InChI is InChI=1S/C8H8O3S.C3H9N/c1-11-6-3-2-5(8(9)10)4-7(6)12;1-3(2)4/h2-4,12H,1H3,(H,9,10);3H,4H2,1-2H3. The van der Waals surface area contributed by atoms with Crippen LogP contribution in [0.1, 0.15) is 24.2 Å². The van der Waals surface area contributed by atoms with Gasteiger partial charge < -0.3 is 15.6 Å². The van der Waals surface area contributed by atoms with Gasteiger partial charge in [-0.15, -0.1) is 12.6 Å². The molecular formula is C11H17NO3S. The number of methoxy groups -OCH3 is 1. The summed E-state index contributed by atoms with van der Waals surface area (Å²) in [6.45, 7) is 3.89. The van der Waals surface area contributed by atoms with Gasteiger partial charge in [0.15, 0.2) is 0 Å². The Hall–Kier alpha value is -1.20. The Bertz CT molecular complexity index is 350. The summed E-state index contributed by atoms with van der Waals surface area (Å²) in [6.07, 6.45) is 0. The first-order valence-electron chi connectivity index (χ1n) is 4.74. The van der Waals surface area contributed by atoms with E-state index < -0.39 is 5.97 Å². The smallest absolute Gasteiger partial charge is 0.335 e. The Morgan fingerprint density at radius 1 is 1.50 bits per heavy atom. The van der Waals surface area contributed by atoms with Crippen molar-refractivity contribution in [2.24, 2.45) is 5.73 Å². The number of rotatable bonds is 2. The summed E-state index contributed by atoms with van der Waals surface area (Å²) in [4.78, 5) is 11.0. The topological polar surface area (TPSA) is 72.5 Å². The Balaban J connectivity index is 0.000000487. The maximum absolute atomic E-state index is 10.5. The second kappa shape index (κ2) is 7.14. The molecule has 90 valence electrons. The highest BCUT2D eigenvalue weighted by Gasteiger charge is 2.05. The molecule has 0 radical (unpaired) electrons. The lowest BCUT2D eigenvalue weighted by molar-refractivity contribution is 0.0696. The highest BCUT2D eigenvalue weighted by Crippen LogP contribution is 2.22. The molecule has 0 fully saturated rings. The van der Waals surface area contributed by atoms with Gasteiger partial charge >= 0.3 is 5.97 Å². The van der Waals surface area contributed by atoms with Gasteiger partial charge in [0.1, 0.15) is 5.75 Å². The lowest BCUT2D eigenvalue weighted by atomic mass is 10.2. The Morgan fingerprint density at radius 3 is 2.31 bits per heavy atom. The van der Waals surface area contributed by atoms with Crippen LogP contribution in [0, 0.1) is 0 Å². The highest BCUT2D eigenvalue weighted by molar-refractivity contribution is 7.80. The van der Waals surface area contributed by atoms with Crippen LogP contribution in [-0.4, -0.2) is 24.2 Å². The van der Waals surface area contributed by atoms with Crippen molar-refractivity contribution in [2.75, 3.05) is 7.11 Å². The molecule has 0 aromatic heterocycles. The molecule has 0 unspecified atom stereocenters. The minimum Gasteiger partial charge on any atom is -0.496 e. The zero-order valence-electron chi connectivity index (χ0n) is 9.60. The largest absolute Gasteiger partial charge is 0.496 e. The molecule has 0 aliphatic rings. The van der Waals surface area contributed by atoms with Crippen molar-refractivity contribution in [2.45, 2.75) is 24.8 Å². The van der Waals surface area contributed by atoms with Gasteiger partial charge in [-0.1, -0.05) is 13.8 Å². The van der Waals surface area contributed by atoms with Gasteiger partial charge in [0.25, 0.3) is 0 Å². The van der Waals surface area contributed by atoms with Gasteiger partial charge in [-0.25, -0.2) is 4.79 Å². The van der Waals surface area contributed by atoms with Crippen molar-refractivity contribution in [3.63, 3.8) is 0 Å². The average Bonchev–Trinajstić information content (AvgIpc) is 2.16. The molecule has 4 nitrogen and oxygen atoms in total. The monoisotopic (exact) mass is 243 g/mol. The summed E-state index contributed by atoms with van der Waals surface area (Å²) in [5, 5.41) is 8.60. The molecule has 5 heteroatoms. The van der Waals surface area contributed by atoms with Gasteiger partial charge in [0.2, 0.25) is 0 Å². The van der Waals surface area contributed by atoms with Crippen molar-refractivity contribution in [3.05, 3.63) is 23.8 Å². The number of thiol groups is 1. The van der Waals surface area contributed by atoms with E-state index in [1.165, 1.54) is 19.2 Å². The highest BCUT2D eigenvalue weighted by atomic mass is 32.1. The van der Waals surface area contributed by atoms with Crippen LogP contribution in [0.2, 0.25) is 0 Å². The summed E-state index contributed by atoms with van der Waals surface area (Å²) in [5.74, 6) is -0.392. The van der Waals surface area contributed by atoms with Crippen LogP contribution in [0.25, 0.3) is 0 Å². The molecule has 0 atom stereocenters. The summed E-state index contributed by atoms with van der Waals surface area (Å²) in [6, 6.07) is 4.83. The van der Waals surface area contributed by atoms with Crippen LogP contribution in [-0.2, 0) is 0 Å². The minimum absolute atomic E-state index is 0.209. The zero-order valence-corrected chi connectivity index (χ0v) is 10.5. The van der Waals surface area contributed by atoms with E-state index in [9.17, 15) is 4.79 Å². The van der Waals surface area contributed by atoms with Crippen molar-refractivity contribution in [3.8, 4) is 5.75 Å². The molecule has 0 spiro atoms. The lowest BCUT2D eigenvalue weighted by Crippen LogP contribution is -2.06. The summed E-state index contributed by atoms with van der Waals surface area (Å²) < 4.78 is 4.91. The Labute approximate surface area is 101 Å². The fourth-order valence-corrected chi connectivity index (χ4v) is 1.13. The van der Waals surface area contributed by atoms with Gasteiger partial charge in [-0.3, -0.25) is 0 Å². The predicted octanol–water partition coefficient (Wildman–Crippen LogP) is 2.04. The Morgan fingerprint density at radius 2 is 2.00 bits per heavy atom. The van der Waals surface area contributed by atoms with Crippen molar-refractivity contribution in [1.29, 1.82) is 0 Å². The number of hydrogen-bond donors (Lipinski definition) is 3. The van der Waals surface area contributed by atoms with Crippen molar-refractivity contribution >= 4 is 18.6 Å². The second-order valence-corrected chi connectivity index (χ2v) is 3.92. The van der Waals surface area contributed by atoms with Gasteiger partial charge in [-0.2, -0.15) is 0 Å². The van der Waals surface area contributed by atoms with Crippen LogP contribution >= 0.6 is 12.6 Å². The van der Waals surface area contributed by atoms with E-state index in [0.29, 0.717) is 16.7 Å². The van der Waals surface area contributed by atoms with Crippen LogP contribution in [0.15, 0.2) is 23.1 Å². The van der Waals surface area contributed by atoms with E-state index >= 15 is 0 Å². The lowest BCUT2D eigenvalue weighted by Gasteiger charge is -2.03. The summed E-state index contributed by atoms with van der Waals surface area (Å²) in [7, 11) is 1.51. The third-order valence-electron chi connectivity index (χ3n) is 1.43. The molecule has 0 aliphatic carbocycles. The molecular weight excluding hydrogens is 226 g/mol. The van der Waals surface area contributed by atoms with Gasteiger partial charge in [-0.05, 0) is 24.2 Å². The first-order chi connectivity index (χ1) is 7.38. The van der Waals surface area contributed by atoms with E-state index in [1.54, 1.807) is 6.07 Å². The number of benzene rings is 1. The van der Waals surface area contributed by atoms with E-state index in [-0.39, 0.29) is 5.56 Å². The number of carboxylic acids is 1. The molecule has 1 aromatic carbocycles. The van der Waals surface area contributed by atoms with Crippen LogP contribution < -0.4 is 10.5 Å². The fraction of sp³-hybridized carbons (Fsp3) is 0.364. The van der Waals surface area contributed by atoms with Crippen LogP contribution in [0.3, 0.4) is 0 Å². The van der Waals surface area contributed by atoms with Gasteiger partial charge in [0, 0.05) is 4.90 Å². The molecule has 0 saturated heterocycles. The molecule has 0 heterocycles. The van der Waals surface area contributed by atoms with E-state index in [1.807, 2.05) is 13.8 Å². The molecule has 16 heavy (non-hydrogen) atoms. The molecule has 0 amide bonds. The van der Waals surface area contributed by atoms with Gasteiger partial charge in [0.05, 0.1) is 12.7 Å². The number of ether oxygens (including phenoxy) is 1. The molecule has 1 rings (SSSR count). The molecule has 1 aromatic rings. The van der Waals surface area contributed by atoms with E-state index in [4.69, 9.17) is 15.6 Å². The fourth-order valence-electron chi connectivity index (χ4n) is 0.823. The first kappa shape index (κ1) is 14.8. The number of carbonyl (C=O) groups is 1. The predicted molar refractivity (Wildman–Crippen MR) is 66.5 cm³/mol. The number of nitrogens with two attached hydrogens (primary N) is 1. The summed E-state index contributed by atoms with van der Waals surface area (Å²) in [5.41, 5.74) is 5.32. The van der Waals surface area contributed by atoms with Crippen LogP contribution in [0.5, 0.6) is 5.75 Å². The minimum atomic E-state index is -0.965. The normalized spacial score (nSPS) is 9.38. The second-order valence-electron chi connectivity index (χ2n) is 3.44. The maximum atomic E-state index is 10.5. The zero-order chi connectivity index (χ0) is 12.7. The number of carboxylic acid groups (broad SMARTS) is 1. The molecule has 0 aliphatic heterocycles. The summed E-state index contributed by atoms with van der Waals surface area (Å²) >= 11 is 4.05. The average molecular weight is 243 g/mol. The van der Waals surface area contributed by atoms with Crippen molar-refractivity contribution < 1.29 is 14.6 Å². The van der Waals surface area contributed by atoms with Crippen LogP contribution in [0.4, 0.5) is 0 Å². The number of hydrogen-bond acceptors (Lipinski definition) is 4. The van der Waals surface area contributed by atoms with E-state index in [2.05, 4.69) is 12.6 Å². The third-order valence-corrected chi connectivity index (χ3v) is 1.78. The SMILES string of the molecule is CC(C)N.COc1ccc(C(=O)O)cc1S. The third kappa shape index (κ3) is 5.63. The first-order valence-corrected chi connectivity index (χ1v) is 5.19. The molecule has 0 bridgehead atoms. The molecule has 0 saturated carbocycles. The van der Waals surface area contributed by atoms with Crippen molar-refractivity contribution in [1.82, 2.24) is 0 Å². The maximum Gasteiger partial charge on any atom is 0.335 e. The van der Waals surface area contributed by atoms with E-state index in [0.717, 1.165) is 0 Å². The molecule has 3 N–H and O–H groups in total. The number of aromatic carboxylic acids is 1.